The Labute approximate surface area is 352 Å². The molecule has 1 saturated carbocycles. The van der Waals surface area contributed by atoms with Crippen molar-refractivity contribution in [2.45, 2.75) is 37.0 Å². The van der Waals surface area contributed by atoms with Gasteiger partial charge in [-0.3, -0.25) is 0 Å². The van der Waals surface area contributed by atoms with E-state index in [9.17, 15) is 0 Å². The molecule has 0 radical (unpaired) electrons. The highest BCUT2D eigenvalue weighted by molar-refractivity contribution is 5.74. The van der Waals surface area contributed by atoms with E-state index in [2.05, 4.69) is 174 Å². The van der Waals surface area contributed by atoms with Gasteiger partial charge in [0.15, 0.2) is 0 Å². The van der Waals surface area contributed by atoms with Gasteiger partial charge in [0.2, 0.25) is 0 Å². The lowest BCUT2D eigenvalue weighted by Gasteiger charge is -2.38. The van der Waals surface area contributed by atoms with Gasteiger partial charge in [-0.05, 0) is 87.1 Å². The summed E-state index contributed by atoms with van der Waals surface area (Å²) in [5.41, 5.74) is 15.3. The topological polar surface area (TPSA) is 53.5 Å². The third-order valence-corrected chi connectivity index (χ3v) is 12.7. The molecule has 3 heterocycles. The van der Waals surface area contributed by atoms with Gasteiger partial charge in [0.25, 0.3) is 0 Å². The monoisotopic (exact) mass is 780 g/mol. The smallest absolute Gasteiger partial charge is 0.139 e. The molecule has 6 heteroatoms. The van der Waals surface area contributed by atoms with Gasteiger partial charge in [-0.2, -0.15) is 0 Å². The van der Waals surface area contributed by atoms with Crippen molar-refractivity contribution in [1.29, 1.82) is 0 Å². The molecule has 10 rings (SSSR count). The Morgan fingerprint density at radius 3 is 0.833 bits per heavy atom. The van der Waals surface area contributed by atoms with Crippen molar-refractivity contribution in [3.63, 3.8) is 0 Å². The van der Waals surface area contributed by atoms with Crippen LogP contribution in [0.25, 0.3) is 67.5 Å². The Morgan fingerprint density at radius 2 is 0.583 bits per heavy atom. The molecule has 1 aliphatic carbocycles. The molecule has 0 atom stereocenters. The van der Waals surface area contributed by atoms with Crippen LogP contribution in [0.5, 0.6) is 0 Å². The van der Waals surface area contributed by atoms with E-state index < -0.39 is 0 Å². The molecule has 0 aliphatic heterocycles. The fourth-order valence-corrected chi connectivity index (χ4v) is 9.76. The van der Waals surface area contributed by atoms with Crippen molar-refractivity contribution < 1.29 is 0 Å². The first-order chi connectivity index (χ1) is 29.5. The zero-order chi connectivity index (χ0) is 40.6. The van der Waals surface area contributed by atoms with E-state index in [1.54, 1.807) is 0 Å². The van der Waals surface area contributed by atoms with Gasteiger partial charge >= 0.3 is 0 Å². The molecule has 0 amide bonds. The summed E-state index contributed by atoms with van der Waals surface area (Å²) < 4.78 is 6.22. The quantitative estimate of drug-likeness (QED) is 0.147. The number of benzene rings is 6. The summed E-state index contributed by atoms with van der Waals surface area (Å²) in [5.74, 6) is 3.96. The zero-order valence-corrected chi connectivity index (χ0v) is 34.4. The van der Waals surface area contributed by atoms with E-state index in [1.165, 1.54) is 50.1 Å². The average molecular weight is 781 g/mol. The van der Waals surface area contributed by atoms with Crippen LogP contribution in [0, 0.1) is 0 Å². The Kier molecular flexibility index (Phi) is 9.90. The van der Waals surface area contributed by atoms with Crippen molar-refractivity contribution in [3.8, 4) is 67.5 Å². The molecule has 60 heavy (non-hydrogen) atoms. The Bertz CT molecular complexity index is 2570. The second-order valence-corrected chi connectivity index (χ2v) is 16.4. The van der Waals surface area contributed by atoms with Crippen LogP contribution < -0.4 is 0 Å². The summed E-state index contributed by atoms with van der Waals surface area (Å²) in [6.07, 6.45) is 14.8. The standard InChI is InChI=1S/C54H48N6/c1-58-31-28-55-52(58)40-22-16-37(17-23-40)46-10-4-7-13-49(46)43-34-44(50-14-8-5-11-47(50)38-18-24-41(25-19-38)53-56-29-32-59(53)2)36-45(35-43)51-15-9-6-12-48(51)39-20-26-42(27-21-39)54-57-30-33-60(54)3/h4-33,43-45H,34-36H2,1-3H3. The first kappa shape index (κ1) is 37.2. The Morgan fingerprint density at radius 1 is 0.333 bits per heavy atom. The number of hydrogen-bond acceptors (Lipinski definition) is 3. The highest BCUT2D eigenvalue weighted by Gasteiger charge is 2.34. The molecular formula is C54H48N6. The molecule has 9 aromatic rings. The van der Waals surface area contributed by atoms with E-state index in [-0.39, 0.29) is 0 Å². The summed E-state index contributed by atoms with van der Waals surface area (Å²) in [6.45, 7) is 0. The van der Waals surface area contributed by atoms with Crippen molar-refractivity contribution in [1.82, 2.24) is 28.7 Å². The third kappa shape index (κ3) is 7.08. The van der Waals surface area contributed by atoms with Crippen LogP contribution in [0.3, 0.4) is 0 Å². The van der Waals surface area contributed by atoms with Crippen molar-refractivity contribution in [2.24, 2.45) is 21.1 Å². The molecule has 6 nitrogen and oxygen atoms in total. The third-order valence-electron chi connectivity index (χ3n) is 12.7. The van der Waals surface area contributed by atoms with E-state index in [4.69, 9.17) is 0 Å². The summed E-state index contributed by atoms with van der Waals surface area (Å²) in [5, 5.41) is 0. The maximum Gasteiger partial charge on any atom is 0.139 e. The minimum atomic E-state index is 0.344. The molecule has 3 aromatic heterocycles. The van der Waals surface area contributed by atoms with Crippen LogP contribution in [0.1, 0.15) is 53.7 Å². The van der Waals surface area contributed by atoms with Crippen LogP contribution in [0.2, 0.25) is 0 Å². The predicted octanol–water partition coefficient (Wildman–Crippen LogP) is 12.7. The van der Waals surface area contributed by atoms with Gasteiger partial charge in [-0.15, -0.1) is 0 Å². The lowest BCUT2D eigenvalue weighted by Crippen LogP contribution is -2.21. The first-order valence-corrected chi connectivity index (χ1v) is 21.0. The molecule has 294 valence electrons. The molecule has 1 fully saturated rings. The summed E-state index contributed by atoms with van der Waals surface area (Å²) in [6, 6.07) is 54.3. The number of hydrogen-bond donors (Lipinski definition) is 0. The lowest BCUT2D eigenvalue weighted by molar-refractivity contribution is 0.353. The summed E-state index contributed by atoms with van der Waals surface area (Å²) in [7, 11) is 6.14. The van der Waals surface area contributed by atoms with Crippen LogP contribution in [0.4, 0.5) is 0 Å². The van der Waals surface area contributed by atoms with Gasteiger partial charge in [0.05, 0.1) is 0 Å². The van der Waals surface area contributed by atoms with E-state index >= 15 is 0 Å². The molecule has 0 unspecified atom stereocenters. The maximum absolute atomic E-state index is 4.61. The number of imidazole rings is 3. The largest absolute Gasteiger partial charge is 0.334 e. The fraction of sp³-hybridized carbons (Fsp3) is 0.167. The average Bonchev–Trinajstić information content (AvgIpc) is 4.07. The minimum Gasteiger partial charge on any atom is -0.334 e. The van der Waals surface area contributed by atoms with Crippen LogP contribution in [0.15, 0.2) is 183 Å². The minimum absolute atomic E-state index is 0.344. The van der Waals surface area contributed by atoms with Crippen molar-refractivity contribution >= 4 is 0 Å². The molecule has 0 N–H and O–H groups in total. The van der Waals surface area contributed by atoms with Crippen LogP contribution in [-0.4, -0.2) is 28.7 Å². The van der Waals surface area contributed by atoms with Gasteiger partial charge in [0.1, 0.15) is 17.5 Å². The molecule has 0 bridgehead atoms. The molecule has 1 aliphatic rings. The van der Waals surface area contributed by atoms with E-state index in [0.29, 0.717) is 17.8 Å². The SMILES string of the molecule is Cn1ccnc1-c1ccc(-c2ccccc2C2CC(c3ccccc3-c3ccc(-c4nccn4C)cc3)CC(c3ccccc3-c3ccc(-c4nccn4C)cc3)C2)cc1. The van der Waals surface area contributed by atoms with Crippen LogP contribution >= 0.6 is 0 Å². The van der Waals surface area contributed by atoms with Crippen molar-refractivity contribution in [2.75, 3.05) is 0 Å². The lowest BCUT2D eigenvalue weighted by atomic mass is 9.66. The Hall–Kier alpha value is -7.05. The predicted molar refractivity (Wildman–Crippen MR) is 244 cm³/mol. The number of aromatic nitrogens is 6. The summed E-state index contributed by atoms with van der Waals surface area (Å²) >= 11 is 0. The second kappa shape index (κ2) is 16.0. The molecule has 0 saturated heterocycles. The normalized spacial score (nSPS) is 16.6. The molecule has 6 aromatic carbocycles. The van der Waals surface area contributed by atoms with Gasteiger partial charge < -0.3 is 13.7 Å². The van der Waals surface area contributed by atoms with Gasteiger partial charge in [-0.1, -0.05) is 146 Å². The maximum atomic E-state index is 4.61. The van der Waals surface area contributed by atoms with Crippen molar-refractivity contribution in [3.05, 3.63) is 199 Å². The van der Waals surface area contributed by atoms with Gasteiger partial charge in [0, 0.05) is 75.0 Å². The van der Waals surface area contributed by atoms with Gasteiger partial charge in [-0.25, -0.2) is 15.0 Å². The van der Waals surface area contributed by atoms with Crippen LogP contribution in [-0.2, 0) is 21.1 Å². The highest BCUT2D eigenvalue weighted by atomic mass is 15.0. The Balaban J connectivity index is 1.05. The molecule has 0 spiro atoms. The number of nitrogens with zero attached hydrogens (tertiary/aromatic N) is 6. The number of aryl methyl sites for hydroxylation is 3. The van der Waals surface area contributed by atoms with E-state index in [0.717, 1.165) is 53.4 Å². The second-order valence-electron chi connectivity index (χ2n) is 16.4. The first-order valence-electron chi connectivity index (χ1n) is 21.0. The number of rotatable bonds is 9. The highest BCUT2D eigenvalue weighted by Crippen LogP contribution is 2.52. The fourth-order valence-electron chi connectivity index (χ4n) is 9.76. The zero-order valence-electron chi connectivity index (χ0n) is 34.4. The summed E-state index contributed by atoms with van der Waals surface area (Å²) in [4.78, 5) is 13.8. The molecular weight excluding hydrogens is 733 g/mol. The van der Waals surface area contributed by atoms with E-state index in [1.807, 2.05) is 58.3 Å².